The first kappa shape index (κ1) is 48.2. The van der Waals surface area contributed by atoms with Gasteiger partial charge in [-0.25, -0.2) is 0 Å². The fraction of sp³-hybridized carbons (Fsp3) is 0. The topological polar surface area (TPSA) is 26.3 Å². The summed E-state index contributed by atoms with van der Waals surface area (Å²) in [6.07, 6.45) is 0. The highest BCUT2D eigenvalue weighted by Gasteiger charge is 2.25. The van der Waals surface area contributed by atoms with Gasteiger partial charge in [-0.05, 0) is 179 Å². The van der Waals surface area contributed by atoms with Crippen LogP contribution in [0.5, 0.6) is 0 Å². The predicted octanol–water partition coefficient (Wildman–Crippen LogP) is 24.1. The van der Waals surface area contributed by atoms with E-state index < -0.39 is 0 Å². The molecule has 0 aliphatic carbocycles. The Morgan fingerprint density at radius 1 is 0.163 bits per heavy atom. The van der Waals surface area contributed by atoms with Gasteiger partial charge in [-0.15, -0.1) is 0 Å². The molecule has 0 bridgehead atoms. The van der Waals surface area contributed by atoms with Gasteiger partial charge in [0.05, 0.1) is 0 Å². The summed E-state index contributed by atoms with van der Waals surface area (Å²) < 4.78 is 13.4. The molecular formula is C84H50O2. The Kier molecular flexibility index (Phi) is 10.7. The number of rotatable bonds is 7. The molecule has 16 aromatic carbocycles. The SMILES string of the molecule is c1ccc(-c2c3ccccc3c(-c3cc(-c4ccc(-c5ccc(-c6c7ccccc7c(-c7cccc8oc9ccccc9c78)c7ccccc67)cc5)c5ccccc45)cc4oc5ccccc5c34)c3ccccc23)c(-c2ccc3ccccc3c2)c1. The van der Waals surface area contributed by atoms with Crippen LogP contribution in [0.2, 0.25) is 0 Å². The summed E-state index contributed by atoms with van der Waals surface area (Å²) in [5, 5.41) is 19.0. The van der Waals surface area contributed by atoms with E-state index in [2.05, 4.69) is 297 Å². The highest BCUT2D eigenvalue weighted by molar-refractivity contribution is 6.28. The third-order valence-corrected chi connectivity index (χ3v) is 18.3. The van der Waals surface area contributed by atoms with Gasteiger partial charge in [0.2, 0.25) is 0 Å². The standard InChI is InChI=1S/C84H50O2/c1-2-21-54-48-55(45-40-51(54)20-1)57-22-3-6-25-62(57)80-67-30-11-13-32-69(67)82(70-33-14-12-31-68(70)80)74-49-56(50-78-84(74)72-35-16-18-38-76(72)86-78)59-47-46-58(60-23-4-5-24-61(59)60)52-41-43-53(44-42-52)79-63-26-7-9-28-65(63)81(66-29-10-8-27-64(66)79)73-36-19-39-77-83(73)71-34-15-17-37-75(71)85-77/h1-50H. The van der Waals surface area contributed by atoms with Gasteiger partial charge < -0.3 is 8.83 Å². The first-order chi connectivity index (χ1) is 42.7. The van der Waals surface area contributed by atoms with Crippen LogP contribution in [0.15, 0.2) is 312 Å². The Morgan fingerprint density at radius 3 is 1.13 bits per heavy atom. The maximum absolute atomic E-state index is 6.95. The molecular weight excluding hydrogens is 1040 g/mol. The smallest absolute Gasteiger partial charge is 0.136 e. The summed E-state index contributed by atoms with van der Waals surface area (Å²) in [4.78, 5) is 0. The van der Waals surface area contributed by atoms with Gasteiger partial charge in [0, 0.05) is 21.5 Å². The maximum atomic E-state index is 6.95. The van der Waals surface area contributed by atoms with E-state index in [1.807, 2.05) is 6.07 Å². The molecule has 0 radical (unpaired) electrons. The number of fused-ring (bicyclic) bond motifs is 12. The van der Waals surface area contributed by atoms with Gasteiger partial charge in [-0.3, -0.25) is 0 Å². The van der Waals surface area contributed by atoms with Crippen LogP contribution in [0.1, 0.15) is 0 Å². The van der Waals surface area contributed by atoms with Gasteiger partial charge in [0.1, 0.15) is 22.3 Å². The zero-order valence-electron chi connectivity index (χ0n) is 46.7. The van der Waals surface area contributed by atoms with Crippen molar-refractivity contribution in [2.24, 2.45) is 0 Å². The van der Waals surface area contributed by atoms with E-state index in [1.165, 1.54) is 120 Å². The lowest BCUT2D eigenvalue weighted by Gasteiger charge is -2.21. The molecule has 0 saturated carbocycles. The van der Waals surface area contributed by atoms with Crippen LogP contribution >= 0.6 is 0 Å². The summed E-state index contributed by atoms with van der Waals surface area (Å²) in [6.45, 7) is 0. The van der Waals surface area contributed by atoms with Gasteiger partial charge in [-0.2, -0.15) is 0 Å². The van der Waals surface area contributed by atoms with Crippen LogP contribution in [-0.4, -0.2) is 0 Å². The first-order valence-corrected chi connectivity index (χ1v) is 29.6. The lowest BCUT2D eigenvalue weighted by Crippen LogP contribution is -1.94. The molecule has 0 fully saturated rings. The molecule has 86 heavy (non-hydrogen) atoms. The lowest BCUT2D eigenvalue weighted by atomic mass is 9.82. The molecule has 0 aliphatic rings. The van der Waals surface area contributed by atoms with E-state index >= 15 is 0 Å². The number of hydrogen-bond donors (Lipinski definition) is 0. The average molecular weight is 1090 g/mol. The van der Waals surface area contributed by atoms with Crippen molar-refractivity contribution in [3.05, 3.63) is 303 Å². The summed E-state index contributed by atoms with van der Waals surface area (Å²) in [6, 6.07) is 111. The summed E-state index contributed by atoms with van der Waals surface area (Å²) in [5.74, 6) is 0. The van der Waals surface area contributed by atoms with Crippen molar-refractivity contribution in [1.82, 2.24) is 0 Å². The Morgan fingerprint density at radius 2 is 0.547 bits per heavy atom. The number of hydrogen-bond acceptors (Lipinski definition) is 2. The lowest BCUT2D eigenvalue weighted by molar-refractivity contribution is 0.668. The van der Waals surface area contributed by atoms with E-state index in [9.17, 15) is 0 Å². The second-order valence-electron chi connectivity index (χ2n) is 22.8. The quantitative estimate of drug-likeness (QED) is 0.149. The van der Waals surface area contributed by atoms with Crippen molar-refractivity contribution in [3.63, 3.8) is 0 Å². The van der Waals surface area contributed by atoms with Gasteiger partial charge in [-0.1, -0.05) is 267 Å². The number of para-hydroxylation sites is 2. The fourth-order valence-electron chi connectivity index (χ4n) is 14.6. The summed E-state index contributed by atoms with van der Waals surface area (Å²) in [7, 11) is 0. The van der Waals surface area contributed by atoms with Gasteiger partial charge in [0.25, 0.3) is 0 Å². The molecule has 2 heterocycles. The van der Waals surface area contributed by atoms with E-state index in [4.69, 9.17) is 8.83 Å². The molecule has 0 N–H and O–H groups in total. The van der Waals surface area contributed by atoms with Crippen LogP contribution < -0.4 is 0 Å². The van der Waals surface area contributed by atoms with Gasteiger partial charge >= 0.3 is 0 Å². The molecule has 0 amide bonds. The van der Waals surface area contributed by atoms with Crippen molar-refractivity contribution in [3.8, 4) is 77.9 Å². The van der Waals surface area contributed by atoms with Crippen molar-refractivity contribution >= 4 is 109 Å². The summed E-state index contributed by atoms with van der Waals surface area (Å²) >= 11 is 0. The monoisotopic (exact) mass is 1090 g/mol. The van der Waals surface area contributed by atoms with E-state index in [-0.39, 0.29) is 0 Å². The van der Waals surface area contributed by atoms with Crippen molar-refractivity contribution in [1.29, 1.82) is 0 Å². The molecule has 0 spiro atoms. The number of furan rings is 2. The third-order valence-electron chi connectivity index (χ3n) is 18.3. The van der Waals surface area contributed by atoms with Crippen molar-refractivity contribution < 1.29 is 8.83 Å². The third kappa shape index (κ3) is 7.33. The minimum Gasteiger partial charge on any atom is -0.456 e. The predicted molar refractivity (Wildman–Crippen MR) is 364 cm³/mol. The average Bonchev–Trinajstić information content (AvgIpc) is 1.28. The van der Waals surface area contributed by atoms with Crippen molar-refractivity contribution in [2.45, 2.75) is 0 Å². The molecule has 398 valence electrons. The molecule has 0 atom stereocenters. The molecule has 0 aliphatic heterocycles. The van der Waals surface area contributed by atoms with Crippen LogP contribution in [-0.2, 0) is 0 Å². The molecule has 2 nitrogen and oxygen atoms in total. The van der Waals surface area contributed by atoms with Crippen LogP contribution in [0.3, 0.4) is 0 Å². The molecule has 0 unspecified atom stereocenters. The zero-order valence-corrected chi connectivity index (χ0v) is 46.7. The highest BCUT2D eigenvalue weighted by Crippen LogP contribution is 2.52. The molecule has 18 rings (SSSR count). The second-order valence-corrected chi connectivity index (χ2v) is 22.8. The Bertz CT molecular complexity index is 5720. The van der Waals surface area contributed by atoms with Gasteiger partial charge in [0.15, 0.2) is 0 Å². The largest absolute Gasteiger partial charge is 0.456 e. The van der Waals surface area contributed by atoms with Crippen LogP contribution in [0.25, 0.3) is 186 Å². The first-order valence-electron chi connectivity index (χ1n) is 29.6. The Labute approximate surface area is 495 Å². The van der Waals surface area contributed by atoms with Crippen LogP contribution in [0, 0.1) is 0 Å². The normalized spacial score (nSPS) is 12.0. The zero-order chi connectivity index (χ0) is 56.4. The van der Waals surface area contributed by atoms with Crippen LogP contribution in [0.4, 0.5) is 0 Å². The fourth-order valence-corrected chi connectivity index (χ4v) is 14.6. The molecule has 0 saturated heterocycles. The van der Waals surface area contributed by atoms with E-state index in [0.29, 0.717) is 0 Å². The van der Waals surface area contributed by atoms with E-state index in [1.54, 1.807) is 0 Å². The molecule has 2 aromatic heterocycles. The van der Waals surface area contributed by atoms with E-state index in [0.717, 1.165) is 66.1 Å². The Hall–Kier alpha value is -11.3. The Balaban J connectivity index is 0.795. The number of benzene rings is 16. The molecule has 2 heteroatoms. The summed E-state index contributed by atoms with van der Waals surface area (Å²) in [5.41, 5.74) is 20.1. The second kappa shape index (κ2) is 19.1. The minimum atomic E-state index is 0.862. The van der Waals surface area contributed by atoms with Crippen molar-refractivity contribution in [2.75, 3.05) is 0 Å². The highest BCUT2D eigenvalue weighted by atomic mass is 16.3. The minimum absolute atomic E-state index is 0.862. The maximum Gasteiger partial charge on any atom is 0.136 e. The molecule has 18 aromatic rings.